The normalized spacial score (nSPS) is 10.0. The molecule has 2 aromatic carbocycles. The maximum atomic E-state index is 12.2. The fraction of sp³-hybridized carbons (Fsp3) is 0.133. The van der Waals surface area contributed by atoms with E-state index < -0.39 is 0 Å². The van der Waals surface area contributed by atoms with Crippen LogP contribution in [0.1, 0.15) is 10.4 Å². The van der Waals surface area contributed by atoms with E-state index >= 15 is 0 Å². The van der Waals surface area contributed by atoms with E-state index in [1.54, 1.807) is 31.0 Å². The Morgan fingerprint density at radius 1 is 1.11 bits per heavy atom. The summed E-state index contributed by atoms with van der Waals surface area (Å²) >= 11 is 1.67. The average Bonchev–Trinajstić information content (AvgIpc) is 2.48. The molecule has 0 saturated heterocycles. The zero-order valence-corrected chi connectivity index (χ0v) is 11.7. The number of hydrogen-bond donors (Lipinski definition) is 1. The van der Waals surface area contributed by atoms with Gasteiger partial charge in [0.2, 0.25) is 0 Å². The number of hydrogen-bond acceptors (Lipinski definition) is 3. The van der Waals surface area contributed by atoms with Crippen LogP contribution < -0.4 is 10.1 Å². The Hall–Kier alpha value is -1.94. The van der Waals surface area contributed by atoms with Crippen molar-refractivity contribution in [1.82, 2.24) is 0 Å². The van der Waals surface area contributed by atoms with Crippen LogP contribution in [0.2, 0.25) is 0 Å². The standard InChI is InChI=1S/C15H15NO2S/c1-18-14-6-4-3-5-13(14)15(17)16-11-7-9-12(19-2)10-8-11/h3-10H,1-2H3,(H,16,17). The molecule has 0 aliphatic carbocycles. The van der Waals surface area contributed by atoms with Crippen molar-refractivity contribution in [1.29, 1.82) is 0 Å². The van der Waals surface area contributed by atoms with Gasteiger partial charge in [0.05, 0.1) is 12.7 Å². The first kappa shape index (κ1) is 13.5. The molecular weight excluding hydrogens is 258 g/mol. The number of amides is 1. The number of benzene rings is 2. The minimum absolute atomic E-state index is 0.172. The van der Waals surface area contributed by atoms with Gasteiger partial charge in [-0.15, -0.1) is 11.8 Å². The summed E-state index contributed by atoms with van der Waals surface area (Å²) in [6.45, 7) is 0. The lowest BCUT2D eigenvalue weighted by Crippen LogP contribution is -2.12. The molecule has 2 rings (SSSR count). The van der Waals surface area contributed by atoms with Gasteiger partial charge < -0.3 is 10.1 Å². The molecule has 0 unspecified atom stereocenters. The Kier molecular flexibility index (Phi) is 4.47. The number of rotatable bonds is 4. The molecule has 2 aromatic rings. The highest BCUT2D eigenvalue weighted by Crippen LogP contribution is 2.21. The van der Waals surface area contributed by atoms with Crippen LogP contribution in [0.4, 0.5) is 5.69 Å². The first-order chi connectivity index (χ1) is 9.24. The predicted octanol–water partition coefficient (Wildman–Crippen LogP) is 3.67. The van der Waals surface area contributed by atoms with E-state index in [9.17, 15) is 4.79 Å². The Morgan fingerprint density at radius 3 is 2.42 bits per heavy atom. The molecular formula is C15H15NO2S. The summed E-state index contributed by atoms with van der Waals surface area (Å²) in [4.78, 5) is 13.3. The van der Waals surface area contributed by atoms with Crippen molar-refractivity contribution >= 4 is 23.4 Å². The van der Waals surface area contributed by atoms with Gasteiger partial charge in [0.1, 0.15) is 5.75 Å². The third kappa shape index (κ3) is 3.29. The second-order valence-corrected chi connectivity index (χ2v) is 4.76. The van der Waals surface area contributed by atoms with Crippen LogP contribution in [0.3, 0.4) is 0 Å². The lowest BCUT2D eigenvalue weighted by Gasteiger charge is -2.09. The summed E-state index contributed by atoms with van der Waals surface area (Å²) in [5.41, 5.74) is 1.30. The van der Waals surface area contributed by atoms with Gasteiger partial charge in [-0.25, -0.2) is 0 Å². The SMILES string of the molecule is COc1ccccc1C(=O)Nc1ccc(SC)cc1. The van der Waals surface area contributed by atoms with Crippen LogP contribution in [0.25, 0.3) is 0 Å². The molecule has 0 aliphatic heterocycles. The van der Waals surface area contributed by atoms with Crippen LogP contribution in [0, 0.1) is 0 Å². The summed E-state index contributed by atoms with van der Waals surface area (Å²) in [6.07, 6.45) is 2.02. The fourth-order valence-corrected chi connectivity index (χ4v) is 2.11. The lowest BCUT2D eigenvalue weighted by molar-refractivity contribution is 0.102. The summed E-state index contributed by atoms with van der Waals surface area (Å²) in [5, 5.41) is 2.86. The van der Waals surface area contributed by atoms with E-state index in [4.69, 9.17) is 4.74 Å². The van der Waals surface area contributed by atoms with E-state index in [-0.39, 0.29) is 5.91 Å². The van der Waals surface area contributed by atoms with Gasteiger partial charge in [-0.1, -0.05) is 12.1 Å². The van der Waals surface area contributed by atoms with E-state index in [0.29, 0.717) is 11.3 Å². The summed E-state index contributed by atoms with van der Waals surface area (Å²) in [7, 11) is 1.55. The molecule has 0 saturated carbocycles. The molecule has 0 fully saturated rings. The third-order valence-corrected chi connectivity index (χ3v) is 3.44. The molecule has 0 heterocycles. The molecule has 0 atom stereocenters. The summed E-state index contributed by atoms with van der Waals surface area (Å²) < 4.78 is 5.18. The zero-order valence-electron chi connectivity index (χ0n) is 10.8. The maximum absolute atomic E-state index is 12.2. The Balaban J connectivity index is 2.16. The van der Waals surface area contributed by atoms with Crippen molar-refractivity contribution in [3.63, 3.8) is 0 Å². The van der Waals surface area contributed by atoms with Crippen molar-refractivity contribution in [3.05, 3.63) is 54.1 Å². The van der Waals surface area contributed by atoms with Crippen molar-refractivity contribution in [2.75, 3.05) is 18.7 Å². The summed E-state index contributed by atoms with van der Waals surface area (Å²) in [5.74, 6) is 0.398. The highest BCUT2D eigenvalue weighted by molar-refractivity contribution is 7.98. The van der Waals surface area contributed by atoms with Gasteiger partial charge in [0.15, 0.2) is 0 Å². The van der Waals surface area contributed by atoms with Gasteiger partial charge in [-0.05, 0) is 42.7 Å². The van der Waals surface area contributed by atoms with Crippen molar-refractivity contribution in [2.45, 2.75) is 4.90 Å². The largest absolute Gasteiger partial charge is 0.496 e. The quantitative estimate of drug-likeness (QED) is 0.864. The van der Waals surface area contributed by atoms with Crippen LogP contribution in [0.5, 0.6) is 5.75 Å². The molecule has 0 radical (unpaired) electrons. The van der Waals surface area contributed by atoms with Crippen LogP contribution in [-0.2, 0) is 0 Å². The number of carbonyl (C=O) groups is 1. The zero-order chi connectivity index (χ0) is 13.7. The van der Waals surface area contributed by atoms with Crippen molar-refractivity contribution < 1.29 is 9.53 Å². The van der Waals surface area contributed by atoms with E-state index in [1.807, 2.05) is 42.7 Å². The first-order valence-electron chi connectivity index (χ1n) is 5.83. The Labute approximate surface area is 117 Å². The molecule has 4 heteroatoms. The van der Waals surface area contributed by atoms with Gasteiger partial charge in [0.25, 0.3) is 5.91 Å². The van der Waals surface area contributed by atoms with Gasteiger partial charge >= 0.3 is 0 Å². The second-order valence-electron chi connectivity index (χ2n) is 3.88. The number of para-hydroxylation sites is 1. The van der Waals surface area contributed by atoms with Crippen LogP contribution >= 0.6 is 11.8 Å². The smallest absolute Gasteiger partial charge is 0.259 e. The summed E-state index contributed by atoms with van der Waals surface area (Å²) in [6, 6.07) is 14.9. The van der Waals surface area contributed by atoms with E-state index in [1.165, 1.54) is 0 Å². The van der Waals surface area contributed by atoms with Gasteiger partial charge in [0, 0.05) is 10.6 Å². The molecule has 98 valence electrons. The molecule has 1 amide bonds. The van der Waals surface area contributed by atoms with E-state index in [2.05, 4.69) is 5.32 Å². The van der Waals surface area contributed by atoms with Gasteiger partial charge in [-0.3, -0.25) is 4.79 Å². The fourth-order valence-electron chi connectivity index (χ4n) is 1.71. The third-order valence-electron chi connectivity index (χ3n) is 2.70. The number of thioether (sulfide) groups is 1. The number of methoxy groups -OCH3 is 1. The minimum Gasteiger partial charge on any atom is -0.496 e. The number of anilines is 1. The molecule has 0 bridgehead atoms. The molecule has 0 spiro atoms. The van der Waals surface area contributed by atoms with Gasteiger partial charge in [-0.2, -0.15) is 0 Å². The second kappa shape index (κ2) is 6.29. The van der Waals surface area contributed by atoms with E-state index in [0.717, 1.165) is 10.6 Å². The average molecular weight is 273 g/mol. The molecule has 19 heavy (non-hydrogen) atoms. The number of carbonyl (C=O) groups excluding carboxylic acids is 1. The maximum Gasteiger partial charge on any atom is 0.259 e. The number of nitrogens with one attached hydrogen (secondary N) is 1. The monoisotopic (exact) mass is 273 g/mol. The first-order valence-corrected chi connectivity index (χ1v) is 7.05. The van der Waals surface area contributed by atoms with Crippen LogP contribution in [0.15, 0.2) is 53.4 Å². The Morgan fingerprint density at radius 2 is 1.79 bits per heavy atom. The molecule has 1 N–H and O–H groups in total. The predicted molar refractivity (Wildman–Crippen MR) is 79.2 cm³/mol. The minimum atomic E-state index is -0.172. The van der Waals surface area contributed by atoms with Crippen LogP contribution in [-0.4, -0.2) is 19.3 Å². The molecule has 0 aliphatic rings. The lowest BCUT2D eigenvalue weighted by atomic mass is 10.2. The number of ether oxygens (including phenoxy) is 1. The van der Waals surface area contributed by atoms with Crippen molar-refractivity contribution in [2.24, 2.45) is 0 Å². The highest BCUT2D eigenvalue weighted by Gasteiger charge is 2.11. The topological polar surface area (TPSA) is 38.3 Å². The molecule has 0 aromatic heterocycles. The van der Waals surface area contributed by atoms with Crippen molar-refractivity contribution in [3.8, 4) is 5.75 Å². The highest BCUT2D eigenvalue weighted by atomic mass is 32.2. The molecule has 3 nitrogen and oxygen atoms in total. The Bertz CT molecular complexity index is 567.